The van der Waals surface area contributed by atoms with E-state index in [9.17, 15) is 9.59 Å². The summed E-state index contributed by atoms with van der Waals surface area (Å²) in [6.45, 7) is 0.597. The van der Waals surface area contributed by atoms with Crippen molar-refractivity contribution in [1.82, 2.24) is 5.32 Å². The normalized spacial score (nSPS) is 19.2. The zero-order valence-corrected chi connectivity index (χ0v) is 12.7. The summed E-state index contributed by atoms with van der Waals surface area (Å²) >= 11 is 0. The van der Waals surface area contributed by atoms with E-state index in [4.69, 9.17) is 4.74 Å². The number of benzene rings is 2. The van der Waals surface area contributed by atoms with Gasteiger partial charge in [0, 0.05) is 18.5 Å². The lowest BCUT2D eigenvalue weighted by Gasteiger charge is -2.42. The molecule has 1 amide bonds. The average Bonchev–Trinajstić information content (AvgIpc) is 2.60. The van der Waals surface area contributed by atoms with Crippen molar-refractivity contribution in [1.29, 1.82) is 0 Å². The number of amides is 1. The van der Waals surface area contributed by atoms with Gasteiger partial charge in [0.1, 0.15) is 11.9 Å². The number of methoxy groups -OCH3 is 1. The van der Waals surface area contributed by atoms with E-state index in [1.54, 1.807) is 25.3 Å². The van der Waals surface area contributed by atoms with Gasteiger partial charge in [0.2, 0.25) is 0 Å². The number of para-hydroxylation sites is 1. The summed E-state index contributed by atoms with van der Waals surface area (Å²) in [6, 6.07) is 13.0. The van der Waals surface area contributed by atoms with Crippen molar-refractivity contribution in [2.45, 2.75) is 12.6 Å². The molecule has 2 aliphatic rings. The first-order chi connectivity index (χ1) is 11.2. The summed E-state index contributed by atoms with van der Waals surface area (Å²) in [5.74, 6) is 0.723. The lowest BCUT2D eigenvalue weighted by Crippen LogP contribution is -2.49. The number of hydrogen-bond donors (Lipinski definition) is 1. The number of Topliss-reactive ketones (excluding diaryl/α,β-unsaturated/α-hetero) is 1. The van der Waals surface area contributed by atoms with E-state index in [0.29, 0.717) is 24.1 Å². The average molecular weight is 308 g/mol. The van der Waals surface area contributed by atoms with Gasteiger partial charge >= 0.3 is 0 Å². The van der Waals surface area contributed by atoms with Crippen LogP contribution in [0.25, 0.3) is 0 Å². The van der Waals surface area contributed by atoms with Crippen molar-refractivity contribution in [2.24, 2.45) is 0 Å². The maximum atomic E-state index is 12.5. The summed E-state index contributed by atoms with van der Waals surface area (Å²) in [7, 11) is 1.62. The third-order valence-electron chi connectivity index (χ3n) is 4.46. The number of ether oxygens (including phenoxy) is 1. The number of anilines is 1. The van der Waals surface area contributed by atoms with Gasteiger partial charge in [0.05, 0.1) is 18.4 Å². The Labute approximate surface area is 133 Å². The molecule has 0 aliphatic carbocycles. The Balaban J connectivity index is 1.82. The standard InChI is InChI=1S/C18H16N2O3/c1-23-12-7-5-11(6-8-12)17-19-18(22)14-4-2-3-13-15(21)9-10-20(17)16(13)14/h2-8,17H,9-10H2,1H3,(H,19,22). The van der Waals surface area contributed by atoms with Crippen LogP contribution in [0.1, 0.15) is 38.9 Å². The fraction of sp³-hybridized carbons (Fsp3) is 0.222. The molecule has 1 N–H and O–H groups in total. The van der Waals surface area contributed by atoms with Gasteiger partial charge in [0.15, 0.2) is 5.78 Å². The van der Waals surface area contributed by atoms with Crippen molar-refractivity contribution >= 4 is 17.4 Å². The maximum Gasteiger partial charge on any atom is 0.255 e. The predicted molar refractivity (Wildman–Crippen MR) is 85.9 cm³/mol. The third-order valence-corrected chi connectivity index (χ3v) is 4.46. The molecule has 2 aliphatic heterocycles. The van der Waals surface area contributed by atoms with Crippen molar-refractivity contribution < 1.29 is 14.3 Å². The van der Waals surface area contributed by atoms with Gasteiger partial charge in [-0.15, -0.1) is 0 Å². The van der Waals surface area contributed by atoms with Crippen LogP contribution >= 0.6 is 0 Å². The minimum atomic E-state index is -0.268. The first-order valence-electron chi connectivity index (χ1n) is 7.56. The van der Waals surface area contributed by atoms with Crippen LogP contribution in [0.3, 0.4) is 0 Å². The Morgan fingerprint density at radius 3 is 2.57 bits per heavy atom. The minimum absolute atomic E-state index is 0.0984. The van der Waals surface area contributed by atoms with Crippen molar-refractivity contribution in [3.8, 4) is 5.75 Å². The number of nitrogens with one attached hydrogen (secondary N) is 1. The fourth-order valence-electron chi connectivity index (χ4n) is 3.32. The van der Waals surface area contributed by atoms with E-state index >= 15 is 0 Å². The van der Waals surface area contributed by atoms with E-state index in [-0.39, 0.29) is 17.9 Å². The molecule has 116 valence electrons. The monoisotopic (exact) mass is 308 g/mol. The Kier molecular flexibility index (Phi) is 3.08. The first-order valence-corrected chi connectivity index (χ1v) is 7.56. The number of carbonyl (C=O) groups is 2. The van der Waals surface area contributed by atoms with Gasteiger partial charge in [0.25, 0.3) is 5.91 Å². The molecule has 0 aromatic heterocycles. The molecule has 23 heavy (non-hydrogen) atoms. The highest BCUT2D eigenvalue weighted by atomic mass is 16.5. The summed E-state index contributed by atoms with van der Waals surface area (Å²) in [6.07, 6.45) is 0.189. The molecule has 2 aromatic carbocycles. The summed E-state index contributed by atoms with van der Waals surface area (Å²) in [5, 5.41) is 3.04. The van der Waals surface area contributed by atoms with E-state index in [1.165, 1.54) is 0 Å². The van der Waals surface area contributed by atoms with Crippen LogP contribution in [0.5, 0.6) is 5.75 Å². The molecule has 0 saturated heterocycles. The molecular weight excluding hydrogens is 292 g/mol. The first kappa shape index (κ1) is 13.8. The molecule has 4 rings (SSSR count). The zero-order valence-electron chi connectivity index (χ0n) is 12.7. The van der Waals surface area contributed by atoms with Crippen LogP contribution in [0, 0.1) is 0 Å². The van der Waals surface area contributed by atoms with Gasteiger partial charge in [-0.05, 0) is 29.8 Å². The van der Waals surface area contributed by atoms with Crippen LogP contribution in [-0.2, 0) is 0 Å². The molecule has 0 spiro atoms. The molecule has 0 radical (unpaired) electrons. The number of carbonyl (C=O) groups excluding carboxylic acids is 2. The van der Waals surface area contributed by atoms with Gasteiger partial charge < -0.3 is 15.0 Å². The van der Waals surface area contributed by atoms with Crippen LogP contribution in [-0.4, -0.2) is 25.3 Å². The maximum absolute atomic E-state index is 12.5. The highest BCUT2D eigenvalue weighted by Gasteiger charge is 2.37. The summed E-state index contributed by atoms with van der Waals surface area (Å²) in [5.41, 5.74) is 2.93. The molecule has 1 atom stereocenters. The highest BCUT2D eigenvalue weighted by Crippen LogP contribution is 2.39. The quantitative estimate of drug-likeness (QED) is 0.926. The number of nitrogens with zero attached hydrogens (tertiary/aromatic N) is 1. The second kappa shape index (κ2) is 5.12. The minimum Gasteiger partial charge on any atom is -0.497 e. The van der Waals surface area contributed by atoms with Crippen LogP contribution in [0.4, 0.5) is 5.69 Å². The zero-order chi connectivity index (χ0) is 16.0. The highest BCUT2D eigenvalue weighted by molar-refractivity contribution is 6.11. The molecule has 0 bridgehead atoms. The van der Waals surface area contributed by atoms with Crippen molar-refractivity contribution in [3.05, 3.63) is 59.2 Å². The lowest BCUT2D eigenvalue weighted by molar-refractivity contribution is 0.0921. The molecule has 1 unspecified atom stereocenters. The molecule has 0 fully saturated rings. The largest absolute Gasteiger partial charge is 0.497 e. The Morgan fingerprint density at radius 2 is 1.83 bits per heavy atom. The number of hydrogen-bond acceptors (Lipinski definition) is 4. The Bertz CT molecular complexity index is 784. The third kappa shape index (κ3) is 2.08. The van der Waals surface area contributed by atoms with E-state index in [2.05, 4.69) is 10.2 Å². The van der Waals surface area contributed by atoms with Crippen LogP contribution < -0.4 is 15.0 Å². The Morgan fingerprint density at radius 1 is 1.09 bits per heavy atom. The molecular formula is C18H16N2O3. The Hall–Kier alpha value is -2.82. The molecule has 2 aromatic rings. The number of rotatable bonds is 2. The fourth-order valence-corrected chi connectivity index (χ4v) is 3.32. The second-order valence-corrected chi connectivity index (χ2v) is 5.72. The van der Waals surface area contributed by atoms with Crippen molar-refractivity contribution in [3.63, 3.8) is 0 Å². The summed E-state index contributed by atoms with van der Waals surface area (Å²) < 4.78 is 5.19. The summed E-state index contributed by atoms with van der Waals surface area (Å²) in [4.78, 5) is 26.8. The van der Waals surface area contributed by atoms with E-state index in [0.717, 1.165) is 17.0 Å². The van der Waals surface area contributed by atoms with Gasteiger partial charge in [-0.1, -0.05) is 18.2 Å². The predicted octanol–water partition coefficient (Wildman–Crippen LogP) is 2.53. The molecule has 2 heterocycles. The smallest absolute Gasteiger partial charge is 0.255 e. The van der Waals surface area contributed by atoms with Crippen LogP contribution in [0.2, 0.25) is 0 Å². The van der Waals surface area contributed by atoms with Crippen LogP contribution in [0.15, 0.2) is 42.5 Å². The molecule has 5 heteroatoms. The lowest BCUT2D eigenvalue weighted by atomic mass is 9.92. The van der Waals surface area contributed by atoms with E-state index in [1.807, 2.05) is 24.3 Å². The molecule has 0 saturated carbocycles. The van der Waals surface area contributed by atoms with Gasteiger partial charge in [-0.2, -0.15) is 0 Å². The number of ketones is 1. The van der Waals surface area contributed by atoms with E-state index < -0.39 is 0 Å². The molecule has 5 nitrogen and oxygen atoms in total. The van der Waals surface area contributed by atoms with Gasteiger partial charge in [-0.25, -0.2) is 0 Å². The van der Waals surface area contributed by atoms with Crippen molar-refractivity contribution in [2.75, 3.05) is 18.6 Å². The SMILES string of the molecule is COc1ccc(C2NC(=O)c3cccc4c3N2CCC4=O)cc1. The second-order valence-electron chi connectivity index (χ2n) is 5.72. The topological polar surface area (TPSA) is 58.6 Å². The van der Waals surface area contributed by atoms with Gasteiger partial charge in [-0.3, -0.25) is 9.59 Å².